The van der Waals surface area contributed by atoms with Gasteiger partial charge in [-0.2, -0.15) is 4.31 Å². The van der Waals surface area contributed by atoms with E-state index in [1.807, 2.05) is 0 Å². The van der Waals surface area contributed by atoms with Gasteiger partial charge < -0.3 is 9.80 Å². The lowest BCUT2D eigenvalue weighted by molar-refractivity contribution is -0.131. The Morgan fingerprint density at radius 1 is 0.914 bits per heavy atom. The maximum atomic E-state index is 13.4. The normalized spacial score (nSPS) is 14.4. The van der Waals surface area contributed by atoms with E-state index in [4.69, 9.17) is 23.2 Å². The van der Waals surface area contributed by atoms with Crippen LogP contribution in [0.4, 0.5) is 10.1 Å². The maximum Gasteiger partial charge on any atom is 0.243 e. The van der Waals surface area contributed by atoms with Gasteiger partial charge in [0.1, 0.15) is 5.82 Å². The molecule has 10 heteroatoms. The minimum atomic E-state index is -3.97. The van der Waals surface area contributed by atoms with Crippen molar-refractivity contribution in [2.45, 2.75) is 11.4 Å². The predicted octanol–water partition coefficient (Wildman–Crippen LogP) is 4.67. The van der Waals surface area contributed by atoms with Crippen LogP contribution in [0.5, 0.6) is 0 Å². The van der Waals surface area contributed by atoms with Crippen molar-refractivity contribution < 1.29 is 17.6 Å². The Morgan fingerprint density at radius 3 is 2.20 bits per heavy atom. The zero-order valence-electron chi connectivity index (χ0n) is 18.8. The van der Waals surface area contributed by atoms with E-state index in [9.17, 15) is 17.6 Å². The summed E-state index contributed by atoms with van der Waals surface area (Å²) in [5.41, 5.74) is 1.42. The Morgan fingerprint density at radius 2 is 1.57 bits per heavy atom. The molecule has 35 heavy (non-hydrogen) atoms. The lowest BCUT2D eigenvalue weighted by Gasteiger charge is -2.37. The number of anilines is 1. The van der Waals surface area contributed by atoms with Crippen LogP contribution >= 0.6 is 23.2 Å². The van der Waals surface area contributed by atoms with Crippen molar-refractivity contribution in [2.24, 2.45) is 0 Å². The number of rotatable bonds is 7. The smallest absolute Gasteiger partial charge is 0.243 e. The zero-order chi connectivity index (χ0) is 25.0. The molecule has 1 aliphatic heterocycles. The summed E-state index contributed by atoms with van der Waals surface area (Å²) < 4.78 is 41.3. The standard InChI is InChI=1S/C25H24Cl2FN3O3S/c26-20-7-6-19(24(27)16-20)17-31(35(33,34)23-4-2-1-3-5-23)18-25(32)30-14-12-29(13-15-30)22-10-8-21(28)9-11-22/h1-11,16H,12-15,17-18H2. The predicted molar refractivity (Wildman–Crippen MR) is 136 cm³/mol. The fourth-order valence-corrected chi connectivity index (χ4v) is 5.78. The molecule has 1 aliphatic rings. The topological polar surface area (TPSA) is 60.9 Å². The third-order valence-corrected chi connectivity index (χ3v) is 8.27. The largest absolute Gasteiger partial charge is 0.368 e. The van der Waals surface area contributed by atoms with Gasteiger partial charge in [0, 0.05) is 48.5 Å². The van der Waals surface area contributed by atoms with Crippen molar-refractivity contribution in [2.75, 3.05) is 37.6 Å². The Labute approximate surface area is 214 Å². The lowest BCUT2D eigenvalue weighted by atomic mass is 10.2. The van der Waals surface area contributed by atoms with Gasteiger partial charge in [-0.15, -0.1) is 0 Å². The minimum absolute atomic E-state index is 0.0749. The van der Waals surface area contributed by atoms with Crippen molar-refractivity contribution in [3.8, 4) is 0 Å². The summed E-state index contributed by atoms with van der Waals surface area (Å²) in [4.78, 5) is 17.0. The highest BCUT2D eigenvalue weighted by molar-refractivity contribution is 7.89. The van der Waals surface area contributed by atoms with Crippen LogP contribution < -0.4 is 4.90 Å². The number of carbonyl (C=O) groups is 1. The van der Waals surface area contributed by atoms with E-state index in [2.05, 4.69) is 4.90 Å². The maximum absolute atomic E-state index is 13.4. The van der Waals surface area contributed by atoms with Crippen molar-refractivity contribution in [1.82, 2.24) is 9.21 Å². The monoisotopic (exact) mass is 535 g/mol. The fourth-order valence-electron chi connectivity index (χ4n) is 3.92. The molecule has 0 saturated carbocycles. The number of hydrogen-bond donors (Lipinski definition) is 0. The van der Waals surface area contributed by atoms with Crippen LogP contribution in [0, 0.1) is 5.82 Å². The molecule has 1 saturated heterocycles. The van der Waals surface area contributed by atoms with E-state index in [0.29, 0.717) is 41.8 Å². The van der Waals surface area contributed by atoms with Gasteiger partial charge in [-0.1, -0.05) is 47.5 Å². The molecule has 0 radical (unpaired) electrons. The Balaban J connectivity index is 1.50. The molecule has 1 amide bonds. The van der Waals surface area contributed by atoms with E-state index in [1.54, 1.807) is 53.4 Å². The molecule has 0 atom stereocenters. The molecule has 0 bridgehead atoms. The summed E-state index contributed by atoms with van der Waals surface area (Å²) in [6, 6.07) is 19.0. The molecule has 6 nitrogen and oxygen atoms in total. The number of sulfonamides is 1. The molecule has 0 N–H and O–H groups in total. The summed E-state index contributed by atoms with van der Waals surface area (Å²) in [5, 5.41) is 0.762. The van der Waals surface area contributed by atoms with Crippen molar-refractivity contribution in [3.63, 3.8) is 0 Å². The average molecular weight is 536 g/mol. The molecular weight excluding hydrogens is 512 g/mol. The summed E-state index contributed by atoms with van der Waals surface area (Å²) in [7, 11) is -3.97. The molecule has 0 unspecified atom stereocenters. The van der Waals surface area contributed by atoms with Gasteiger partial charge >= 0.3 is 0 Å². The first-order valence-corrected chi connectivity index (χ1v) is 13.2. The van der Waals surface area contributed by atoms with Gasteiger partial charge in [-0.25, -0.2) is 12.8 Å². The summed E-state index contributed by atoms with van der Waals surface area (Å²) in [6.07, 6.45) is 0. The molecule has 4 rings (SSSR count). The first-order chi connectivity index (χ1) is 16.7. The molecule has 3 aromatic carbocycles. The van der Waals surface area contributed by atoms with Crippen LogP contribution in [-0.4, -0.2) is 56.3 Å². The number of carbonyl (C=O) groups excluding carboxylic acids is 1. The lowest BCUT2D eigenvalue weighted by Crippen LogP contribution is -2.51. The molecule has 1 heterocycles. The summed E-state index contributed by atoms with van der Waals surface area (Å²) in [6.45, 7) is 1.58. The highest BCUT2D eigenvalue weighted by atomic mass is 35.5. The van der Waals surface area contributed by atoms with Crippen LogP contribution in [0.3, 0.4) is 0 Å². The van der Waals surface area contributed by atoms with Gasteiger partial charge in [0.05, 0.1) is 11.4 Å². The quantitative estimate of drug-likeness (QED) is 0.441. The number of benzene rings is 3. The van der Waals surface area contributed by atoms with Gasteiger partial charge in [0.25, 0.3) is 0 Å². The van der Waals surface area contributed by atoms with Gasteiger partial charge in [0.15, 0.2) is 0 Å². The van der Waals surface area contributed by atoms with Crippen molar-refractivity contribution in [3.05, 3.63) is 94.2 Å². The number of nitrogens with zero attached hydrogens (tertiary/aromatic N) is 3. The summed E-state index contributed by atoms with van der Waals surface area (Å²) in [5.74, 6) is -0.601. The molecule has 3 aromatic rings. The van der Waals surface area contributed by atoms with E-state index < -0.39 is 10.0 Å². The van der Waals surface area contributed by atoms with Crippen LogP contribution in [0.25, 0.3) is 0 Å². The molecule has 1 fully saturated rings. The zero-order valence-corrected chi connectivity index (χ0v) is 21.1. The van der Waals surface area contributed by atoms with E-state index in [0.717, 1.165) is 9.99 Å². The fraction of sp³-hybridized carbons (Fsp3) is 0.240. The third kappa shape index (κ3) is 6.13. The third-order valence-electron chi connectivity index (χ3n) is 5.88. The molecule has 0 spiro atoms. The highest BCUT2D eigenvalue weighted by Gasteiger charge is 2.30. The van der Waals surface area contributed by atoms with E-state index in [1.165, 1.54) is 24.3 Å². The first kappa shape index (κ1) is 25.4. The van der Waals surface area contributed by atoms with Crippen LogP contribution in [-0.2, 0) is 21.4 Å². The number of hydrogen-bond acceptors (Lipinski definition) is 4. The van der Waals surface area contributed by atoms with Crippen LogP contribution in [0.1, 0.15) is 5.56 Å². The number of halogens is 3. The second-order valence-corrected chi connectivity index (χ2v) is 10.9. The van der Waals surface area contributed by atoms with Gasteiger partial charge in [-0.3, -0.25) is 4.79 Å². The Kier molecular flexibility index (Phi) is 7.96. The van der Waals surface area contributed by atoms with Crippen LogP contribution in [0.2, 0.25) is 10.0 Å². The van der Waals surface area contributed by atoms with Crippen molar-refractivity contribution in [1.29, 1.82) is 0 Å². The Hall–Kier alpha value is -2.65. The number of piperazine rings is 1. The number of amides is 1. The highest BCUT2D eigenvalue weighted by Crippen LogP contribution is 2.25. The van der Waals surface area contributed by atoms with Gasteiger partial charge in [0.2, 0.25) is 15.9 Å². The molecular formula is C25H24Cl2FN3O3S. The molecule has 184 valence electrons. The van der Waals surface area contributed by atoms with Crippen molar-refractivity contribution >= 4 is 44.8 Å². The van der Waals surface area contributed by atoms with Crippen LogP contribution in [0.15, 0.2) is 77.7 Å². The minimum Gasteiger partial charge on any atom is -0.368 e. The first-order valence-electron chi connectivity index (χ1n) is 11.0. The average Bonchev–Trinajstić information content (AvgIpc) is 2.86. The van der Waals surface area contributed by atoms with Gasteiger partial charge in [-0.05, 0) is 54.1 Å². The SMILES string of the molecule is O=C(CN(Cc1ccc(Cl)cc1Cl)S(=O)(=O)c1ccccc1)N1CCN(c2ccc(F)cc2)CC1. The molecule has 0 aliphatic carbocycles. The van der Waals surface area contributed by atoms with E-state index >= 15 is 0 Å². The second kappa shape index (κ2) is 11.0. The molecule has 0 aromatic heterocycles. The second-order valence-electron chi connectivity index (χ2n) is 8.17. The van der Waals surface area contributed by atoms with E-state index in [-0.39, 0.29) is 29.7 Å². The summed E-state index contributed by atoms with van der Waals surface area (Å²) >= 11 is 12.3. The Bertz CT molecular complexity index is 1280.